The molecule has 2 heterocycles. The van der Waals surface area contributed by atoms with Gasteiger partial charge in [-0.25, -0.2) is 0 Å². The van der Waals surface area contributed by atoms with E-state index in [9.17, 15) is 4.79 Å². The number of hydrogen-bond acceptors (Lipinski definition) is 5. The molecule has 0 spiro atoms. The summed E-state index contributed by atoms with van der Waals surface area (Å²) in [6.45, 7) is 4.48. The normalized spacial score (nSPS) is 16.4. The van der Waals surface area contributed by atoms with Gasteiger partial charge >= 0.3 is 0 Å². The van der Waals surface area contributed by atoms with Crippen LogP contribution in [0.5, 0.6) is 0 Å². The van der Waals surface area contributed by atoms with Gasteiger partial charge in [0, 0.05) is 33.1 Å². The van der Waals surface area contributed by atoms with E-state index in [1.165, 1.54) is 0 Å². The highest BCUT2D eigenvalue weighted by Crippen LogP contribution is 2.13. The topological polar surface area (TPSA) is 62.2 Å². The van der Waals surface area contributed by atoms with E-state index in [0.29, 0.717) is 18.9 Å². The molecule has 2 rings (SSSR count). The zero-order valence-electron chi connectivity index (χ0n) is 8.93. The van der Waals surface area contributed by atoms with Gasteiger partial charge in [0.05, 0.1) is 6.20 Å². The average molecular weight is 242 g/mol. The van der Waals surface area contributed by atoms with Gasteiger partial charge in [0.15, 0.2) is 5.82 Å². The van der Waals surface area contributed by atoms with Crippen molar-refractivity contribution in [3.63, 3.8) is 0 Å². The minimum absolute atomic E-state index is 0.110. The first-order valence-corrected chi connectivity index (χ1v) is 5.40. The van der Waals surface area contributed by atoms with E-state index < -0.39 is 0 Å². The summed E-state index contributed by atoms with van der Waals surface area (Å²) in [7, 11) is 0. The summed E-state index contributed by atoms with van der Waals surface area (Å²) in [5.74, 6) is 0.821. The Morgan fingerprint density at radius 3 is 2.62 bits per heavy atom. The second-order valence-electron chi connectivity index (χ2n) is 3.58. The number of nitrogens with zero attached hydrogens (tertiary/aromatic N) is 5. The molecule has 0 aromatic carbocycles. The maximum Gasteiger partial charge on any atom is 0.244 e. The highest BCUT2D eigenvalue weighted by molar-refractivity contribution is 6.28. The van der Waals surface area contributed by atoms with E-state index in [0.717, 1.165) is 13.1 Å². The van der Waals surface area contributed by atoms with Gasteiger partial charge < -0.3 is 9.80 Å². The van der Waals surface area contributed by atoms with E-state index >= 15 is 0 Å². The molecular weight excluding hydrogens is 230 g/mol. The molecule has 1 aromatic heterocycles. The second kappa shape index (κ2) is 4.61. The largest absolute Gasteiger partial charge is 0.352 e. The van der Waals surface area contributed by atoms with Gasteiger partial charge in [0.1, 0.15) is 0 Å². The first-order valence-electron chi connectivity index (χ1n) is 5.02. The number of hydrogen-bond donors (Lipinski definition) is 0. The molecular formula is C9H12ClN5O. The number of aromatic nitrogens is 3. The Labute approximate surface area is 98.2 Å². The molecule has 86 valence electrons. The monoisotopic (exact) mass is 241 g/mol. The summed E-state index contributed by atoms with van der Waals surface area (Å²) < 4.78 is 0. The molecule has 16 heavy (non-hydrogen) atoms. The summed E-state index contributed by atoms with van der Waals surface area (Å²) >= 11 is 5.67. The van der Waals surface area contributed by atoms with E-state index in [2.05, 4.69) is 15.2 Å². The van der Waals surface area contributed by atoms with Crippen molar-refractivity contribution in [1.82, 2.24) is 20.1 Å². The Morgan fingerprint density at radius 2 is 2.06 bits per heavy atom. The van der Waals surface area contributed by atoms with E-state index in [-0.39, 0.29) is 11.2 Å². The fourth-order valence-corrected chi connectivity index (χ4v) is 1.81. The molecule has 0 N–H and O–H groups in total. The van der Waals surface area contributed by atoms with Crippen LogP contribution < -0.4 is 4.90 Å². The highest BCUT2D eigenvalue weighted by Gasteiger charge is 2.19. The third-order valence-corrected chi connectivity index (χ3v) is 2.73. The lowest BCUT2D eigenvalue weighted by atomic mass is 10.3. The molecule has 0 radical (unpaired) electrons. The van der Waals surface area contributed by atoms with Crippen LogP contribution in [-0.4, -0.2) is 52.2 Å². The molecule has 0 unspecified atom stereocenters. The lowest BCUT2D eigenvalue weighted by Gasteiger charge is -2.34. The molecule has 1 aliphatic rings. The van der Waals surface area contributed by atoms with Crippen LogP contribution in [-0.2, 0) is 4.79 Å². The smallest absolute Gasteiger partial charge is 0.244 e. The number of piperazine rings is 1. The lowest BCUT2D eigenvalue weighted by Crippen LogP contribution is -2.48. The molecule has 1 aromatic rings. The standard InChI is InChI=1S/C9H12ClN5O/c1-7(16)14-2-4-15(5-3-14)8-6-11-13-9(10)12-8/h6H,2-5H2,1H3. The predicted octanol–water partition coefficient (Wildman–Crippen LogP) is 0.194. The van der Waals surface area contributed by atoms with E-state index in [4.69, 9.17) is 11.6 Å². The number of rotatable bonds is 1. The van der Waals surface area contributed by atoms with Gasteiger partial charge in [-0.3, -0.25) is 4.79 Å². The van der Waals surface area contributed by atoms with Crippen LogP contribution in [0, 0.1) is 0 Å². The van der Waals surface area contributed by atoms with Crippen LogP contribution in [0.3, 0.4) is 0 Å². The first kappa shape index (κ1) is 11.1. The lowest BCUT2D eigenvalue weighted by molar-refractivity contribution is -0.129. The predicted molar refractivity (Wildman–Crippen MR) is 59.3 cm³/mol. The van der Waals surface area contributed by atoms with Crippen molar-refractivity contribution < 1.29 is 4.79 Å². The zero-order valence-corrected chi connectivity index (χ0v) is 9.68. The Kier molecular flexibility index (Phi) is 3.19. The average Bonchev–Trinajstić information content (AvgIpc) is 2.29. The van der Waals surface area contributed by atoms with Gasteiger partial charge in [-0.05, 0) is 11.6 Å². The molecule has 7 heteroatoms. The van der Waals surface area contributed by atoms with Crippen LogP contribution >= 0.6 is 11.6 Å². The number of anilines is 1. The maximum absolute atomic E-state index is 11.1. The van der Waals surface area contributed by atoms with Crippen molar-refractivity contribution in [3.8, 4) is 0 Å². The second-order valence-corrected chi connectivity index (χ2v) is 3.91. The third-order valence-electron chi connectivity index (χ3n) is 2.57. The first-order chi connectivity index (χ1) is 7.66. The Morgan fingerprint density at radius 1 is 1.38 bits per heavy atom. The van der Waals surface area contributed by atoms with Gasteiger partial charge in [-0.2, -0.15) is 10.1 Å². The van der Waals surface area contributed by atoms with Crippen LogP contribution in [0.25, 0.3) is 0 Å². The molecule has 1 amide bonds. The molecule has 0 aliphatic carbocycles. The number of halogens is 1. The minimum Gasteiger partial charge on any atom is -0.352 e. The molecule has 0 bridgehead atoms. The summed E-state index contributed by atoms with van der Waals surface area (Å²) in [6.07, 6.45) is 1.58. The van der Waals surface area contributed by atoms with Crippen molar-refractivity contribution in [2.24, 2.45) is 0 Å². The summed E-state index contributed by atoms with van der Waals surface area (Å²) in [5.41, 5.74) is 0. The summed E-state index contributed by atoms with van der Waals surface area (Å²) in [5, 5.41) is 7.48. The van der Waals surface area contributed by atoms with Crippen LogP contribution in [0.2, 0.25) is 5.28 Å². The zero-order chi connectivity index (χ0) is 11.5. The molecule has 1 aliphatic heterocycles. The summed E-state index contributed by atoms with van der Waals surface area (Å²) in [4.78, 5) is 19.1. The van der Waals surface area contributed by atoms with Crippen molar-refractivity contribution in [2.45, 2.75) is 6.92 Å². The van der Waals surface area contributed by atoms with Gasteiger partial charge in [0.2, 0.25) is 11.2 Å². The number of carbonyl (C=O) groups is 1. The van der Waals surface area contributed by atoms with Crippen LogP contribution in [0.4, 0.5) is 5.82 Å². The van der Waals surface area contributed by atoms with Crippen molar-refractivity contribution in [3.05, 3.63) is 11.5 Å². The molecule has 0 atom stereocenters. The SMILES string of the molecule is CC(=O)N1CCN(c2cnnc(Cl)n2)CC1. The number of carbonyl (C=O) groups excluding carboxylic acids is 1. The maximum atomic E-state index is 11.1. The number of amides is 1. The van der Waals surface area contributed by atoms with Crippen molar-refractivity contribution in [1.29, 1.82) is 0 Å². The quantitative estimate of drug-likeness (QED) is 0.703. The molecule has 0 saturated carbocycles. The molecule has 1 saturated heterocycles. The van der Waals surface area contributed by atoms with Crippen molar-refractivity contribution >= 4 is 23.3 Å². The molecule has 1 fully saturated rings. The van der Waals surface area contributed by atoms with Crippen LogP contribution in [0.15, 0.2) is 6.20 Å². The fourth-order valence-electron chi connectivity index (χ4n) is 1.68. The Hall–Kier alpha value is -1.43. The minimum atomic E-state index is 0.110. The van der Waals surface area contributed by atoms with Crippen molar-refractivity contribution in [2.75, 3.05) is 31.1 Å². The van der Waals surface area contributed by atoms with E-state index in [1.807, 2.05) is 9.80 Å². The van der Waals surface area contributed by atoms with Gasteiger partial charge in [-0.1, -0.05) is 0 Å². The fraction of sp³-hybridized carbons (Fsp3) is 0.556. The van der Waals surface area contributed by atoms with Crippen LogP contribution in [0.1, 0.15) is 6.92 Å². The van der Waals surface area contributed by atoms with Gasteiger partial charge in [-0.15, -0.1) is 5.10 Å². The Balaban J connectivity index is 2.01. The Bertz CT molecular complexity index is 391. The third kappa shape index (κ3) is 2.38. The highest BCUT2D eigenvalue weighted by atomic mass is 35.5. The van der Waals surface area contributed by atoms with E-state index in [1.54, 1.807) is 13.1 Å². The molecule has 6 nitrogen and oxygen atoms in total. The van der Waals surface area contributed by atoms with Gasteiger partial charge in [0.25, 0.3) is 0 Å². The summed E-state index contributed by atoms with van der Waals surface area (Å²) in [6, 6.07) is 0.